The van der Waals surface area contributed by atoms with Crippen LogP contribution in [0.2, 0.25) is 0 Å². The van der Waals surface area contributed by atoms with Crippen LogP contribution in [0.3, 0.4) is 0 Å². The van der Waals surface area contributed by atoms with Crippen molar-refractivity contribution in [2.75, 3.05) is 24.5 Å². The molecule has 4 heteroatoms. The van der Waals surface area contributed by atoms with Crippen LogP contribution < -0.4 is 10.2 Å². The largest absolute Gasteiger partial charge is 0.314 e. The maximum atomic E-state index is 11.9. The lowest BCUT2D eigenvalue weighted by molar-refractivity contribution is -0.118. The first kappa shape index (κ1) is 11.6. The van der Waals surface area contributed by atoms with Gasteiger partial charge in [-0.15, -0.1) is 0 Å². The number of carbonyl (C=O) groups excluding carboxylic acids is 1. The molecule has 3 nitrogen and oxygen atoms in total. The van der Waals surface area contributed by atoms with Gasteiger partial charge >= 0.3 is 0 Å². The Morgan fingerprint density at radius 2 is 2.19 bits per heavy atom. The van der Waals surface area contributed by atoms with Crippen molar-refractivity contribution in [2.45, 2.75) is 13.3 Å². The molecule has 1 aliphatic rings. The van der Waals surface area contributed by atoms with Gasteiger partial charge in [0.15, 0.2) is 0 Å². The number of halogens is 1. The van der Waals surface area contributed by atoms with Crippen molar-refractivity contribution in [3.8, 4) is 0 Å². The fourth-order valence-corrected chi connectivity index (χ4v) is 2.09. The van der Waals surface area contributed by atoms with Gasteiger partial charge in [0.25, 0.3) is 0 Å². The molecular formula is C12H15BrN2O. The number of hydrogen-bond acceptors (Lipinski definition) is 2. The predicted octanol–water partition coefficient (Wildman–Crippen LogP) is 2.08. The monoisotopic (exact) mass is 282 g/mol. The zero-order chi connectivity index (χ0) is 11.5. The summed E-state index contributed by atoms with van der Waals surface area (Å²) in [5, 5.41) is 3.23. The third-order valence-corrected chi connectivity index (χ3v) is 3.67. The zero-order valence-electron chi connectivity index (χ0n) is 9.29. The molecule has 0 radical (unpaired) electrons. The smallest absolute Gasteiger partial charge is 0.228 e. The minimum absolute atomic E-state index is 0.201. The molecule has 86 valence electrons. The number of amides is 1. The molecule has 0 spiro atoms. The highest BCUT2D eigenvalue weighted by atomic mass is 79.9. The van der Waals surface area contributed by atoms with Crippen LogP contribution in [0, 0.1) is 6.92 Å². The van der Waals surface area contributed by atoms with Crippen LogP contribution in [0.5, 0.6) is 0 Å². The Labute approximate surface area is 104 Å². The molecule has 1 saturated heterocycles. The molecule has 0 atom stereocenters. The number of carbonyl (C=O) groups is 1. The van der Waals surface area contributed by atoms with Gasteiger partial charge in [0.2, 0.25) is 5.91 Å². The molecule has 1 heterocycles. The standard InChI is InChI=1S/C12H15BrN2O/c1-9-8-10(2-3-11(9)13)15-7-6-14-5-4-12(15)16/h2-3,8,14H,4-7H2,1H3. The highest BCUT2D eigenvalue weighted by Gasteiger charge is 2.17. The number of rotatable bonds is 1. The minimum Gasteiger partial charge on any atom is -0.314 e. The van der Waals surface area contributed by atoms with Gasteiger partial charge in [0.1, 0.15) is 0 Å². The number of nitrogens with one attached hydrogen (secondary N) is 1. The van der Waals surface area contributed by atoms with E-state index >= 15 is 0 Å². The highest BCUT2D eigenvalue weighted by molar-refractivity contribution is 9.10. The molecule has 1 N–H and O–H groups in total. The second-order valence-corrected chi connectivity index (χ2v) is 4.83. The summed E-state index contributed by atoms with van der Waals surface area (Å²) in [4.78, 5) is 13.7. The van der Waals surface area contributed by atoms with Crippen molar-refractivity contribution in [1.29, 1.82) is 0 Å². The first-order valence-corrected chi connectivity index (χ1v) is 6.25. The lowest BCUT2D eigenvalue weighted by Gasteiger charge is -2.21. The average molecular weight is 283 g/mol. The Kier molecular flexibility index (Phi) is 3.61. The van der Waals surface area contributed by atoms with E-state index in [0.717, 1.165) is 35.4 Å². The van der Waals surface area contributed by atoms with E-state index in [9.17, 15) is 4.79 Å². The van der Waals surface area contributed by atoms with E-state index in [0.29, 0.717) is 6.42 Å². The molecule has 0 aliphatic carbocycles. The van der Waals surface area contributed by atoms with Crippen molar-refractivity contribution in [3.05, 3.63) is 28.2 Å². The van der Waals surface area contributed by atoms with Gasteiger partial charge in [-0.2, -0.15) is 0 Å². The molecule has 1 aromatic rings. The van der Waals surface area contributed by atoms with Crippen molar-refractivity contribution < 1.29 is 4.79 Å². The summed E-state index contributed by atoms with van der Waals surface area (Å²) in [6.07, 6.45) is 0.578. The Balaban J connectivity index is 2.27. The second kappa shape index (κ2) is 4.97. The fourth-order valence-electron chi connectivity index (χ4n) is 1.84. The molecular weight excluding hydrogens is 268 g/mol. The van der Waals surface area contributed by atoms with E-state index in [-0.39, 0.29) is 5.91 Å². The molecule has 0 bridgehead atoms. The Bertz CT molecular complexity index is 406. The molecule has 1 aliphatic heterocycles. The van der Waals surface area contributed by atoms with E-state index in [1.165, 1.54) is 0 Å². The van der Waals surface area contributed by atoms with E-state index in [1.54, 1.807) is 0 Å². The van der Waals surface area contributed by atoms with Gasteiger partial charge in [-0.3, -0.25) is 4.79 Å². The SMILES string of the molecule is Cc1cc(N2CCNCCC2=O)ccc1Br. The first-order chi connectivity index (χ1) is 7.68. The van der Waals surface area contributed by atoms with Gasteiger partial charge in [-0.05, 0) is 30.7 Å². The Morgan fingerprint density at radius 3 is 2.94 bits per heavy atom. The molecule has 1 aromatic carbocycles. The van der Waals surface area contributed by atoms with Gasteiger partial charge in [0.05, 0.1) is 0 Å². The maximum absolute atomic E-state index is 11.9. The van der Waals surface area contributed by atoms with Crippen LogP contribution in [-0.4, -0.2) is 25.5 Å². The molecule has 0 saturated carbocycles. The van der Waals surface area contributed by atoms with E-state index in [2.05, 4.69) is 21.2 Å². The molecule has 2 rings (SSSR count). The summed E-state index contributed by atoms with van der Waals surface area (Å²) in [7, 11) is 0. The topological polar surface area (TPSA) is 32.3 Å². The van der Waals surface area contributed by atoms with Gasteiger partial charge in [-0.1, -0.05) is 15.9 Å². The summed E-state index contributed by atoms with van der Waals surface area (Å²) < 4.78 is 1.08. The van der Waals surface area contributed by atoms with E-state index in [1.807, 2.05) is 30.0 Å². The lowest BCUT2D eigenvalue weighted by Crippen LogP contribution is -2.32. The quantitative estimate of drug-likeness (QED) is 0.856. The summed E-state index contributed by atoms with van der Waals surface area (Å²) >= 11 is 3.47. The van der Waals surface area contributed by atoms with Crippen molar-refractivity contribution in [2.24, 2.45) is 0 Å². The first-order valence-electron chi connectivity index (χ1n) is 5.46. The second-order valence-electron chi connectivity index (χ2n) is 3.98. The van der Waals surface area contributed by atoms with Crippen LogP contribution >= 0.6 is 15.9 Å². The van der Waals surface area contributed by atoms with Crippen molar-refractivity contribution in [1.82, 2.24) is 5.32 Å². The maximum Gasteiger partial charge on any atom is 0.228 e. The molecule has 1 amide bonds. The van der Waals surface area contributed by atoms with Crippen LogP contribution in [0.25, 0.3) is 0 Å². The predicted molar refractivity (Wildman–Crippen MR) is 68.7 cm³/mol. The molecule has 0 aromatic heterocycles. The Morgan fingerprint density at radius 1 is 1.38 bits per heavy atom. The van der Waals surface area contributed by atoms with Crippen LogP contribution in [-0.2, 0) is 4.79 Å². The summed E-state index contributed by atoms with van der Waals surface area (Å²) in [6, 6.07) is 6.03. The number of anilines is 1. The van der Waals surface area contributed by atoms with Gasteiger partial charge in [-0.25, -0.2) is 0 Å². The third-order valence-electron chi connectivity index (χ3n) is 2.78. The van der Waals surface area contributed by atoms with Gasteiger partial charge < -0.3 is 10.2 Å². The summed E-state index contributed by atoms with van der Waals surface area (Å²) in [6.45, 7) is 4.43. The van der Waals surface area contributed by atoms with E-state index in [4.69, 9.17) is 0 Å². The third kappa shape index (κ3) is 2.44. The average Bonchev–Trinajstić information content (AvgIpc) is 2.47. The van der Waals surface area contributed by atoms with Crippen LogP contribution in [0.15, 0.2) is 22.7 Å². The number of benzene rings is 1. The summed E-state index contributed by atoms with van der Waals surface area (Å²) in [5.41, 5.74) is 2.15. The molecule has 1 fully saturated rings. The zero-order valence-corrected chi connectivity index (χ0v) is 10.9. The lowest BCUT2D eigenvalue weighted by atomic mass is 10.2. The summed E-state index contributed by atoms with van der Waals surface area (Å²) in [5.74, 6) is 0.201. The number of nitrogens with zero attached hydrogens (tertiary/aromatic N) is 1. The minimum atomic E-state index is 0.201. The molecule has 16 heavy (non-hydrogen) atoms. The number of hydrogen-bond donors (Lipinski definition) is 1. The van der Waals surface area contributed by atoms with Crippen LogP contribution in [0.4, 0.5) is 5.69 Å². The Hall–Kier alpha value is -0.870. The van der Waals surface area contributed by atoms with Crippen molar-refractivity contribution >= 4 is 27.5 Å². The normalized spacial score (nSPS) is 17.4. The van der Waals surface area contributed by atoms with Crippen molar-refractivity contribution in [3.63, 3.8) is 0 Å². The van der Waals surface area contributed by atoms with Gasteiger partial charge in [0, 0.05) is 36.2 Å². The number of aryl methyl sites for hydroxylation is 1. The fraction of sp³-hybridized carbons (Fsp3) is 0.417. The van der Waals surface area contributed by atoms with Crippen LogP contribution in [0.1, 0.15) is 12.0 Å². The molecule has 0 unspecified atom stereocenters. The van der Waals surface area contributed by atoms with E-state index < -0.39 is 0 Å². The highest BCUT2D eigenvalue weighted by Crippen LogP contribution is 2.23.